The van der Waals surface area contributed by atoms with E-state index in [9.17, 15) is 4.79 Å². The molecular weight excluding hydrogens is 254 g/mol. The number of amides is 1. The zero-order valence-electron chi connectivity index (χ0n) is 10.7. The number of aromatic nitrogens is 1. The second kappa shape index (κ2) is 6.90. The Kier molecular flexibility index (Phi) is 4.68. The number of hydrogen-bond donors (Lipinski definition) is 1. The van der Waals surface area contributed by atoms with Crippen LogP contribution in [0.4, 0.5) is 4.79 Å². The summed E-state index contributed by atoms with van der Waals surface area (Å²) in [5.41, 5.74) is 2.33. The van der Waals surface area contributed by atoms with Gasteiger partial charge in [0.2, 0.25) is 0 Å². The molecule has 0 aliphatic carbocycles. The van der Waals surface area contributed by atoms with E-state index in [2.05, 4.69) is 10.3 Å². The van der Waals surface area contributed by atoms with E-state index in [0.29, 0.717) is 12.1 Å². The molecule has 0 spiro atoms. The standard InChI is InChI=1S/C15H13N3O2/c16-8-12-3-5-13(6-4-12)10-18-15(19)20-11-14-2-1-7-17-9-14/h1-7,9H,10-11H2,(H,18,19). The minimum atomic E-state index is -0.488. The van der Waals surface area contributed by atoms with Gasteiger partial charge in [-0.25, -0.2) is 4.79 Å². The minimum Gasteiger partial charge on any atom is -0.445 e. The number of pyridine rings is 1. The van der Waals surface area contributed by atoms with E-state index in [4.69, 9.17) is 10.00 Å². The second-order valence-corrected chi connectivity index (χ2v) is 4.10. The molecule has 1 heterocycles. The van der Waals surface area contributed by atoms with E-state index < -0.39 is 6.09 Å². The molecule has 2 aromatic rings. The molecular formula is C15H13N3O2. The van der Waals surface area contributed by atoms with Gasteiger partial charge in [-0.1, -0.05) is 18.2 Å². The molecule has 0 aliphatic heterocycles. The van der Waals surface area contributed by atoms with E-state index in [1.165, 1.54) is 0 Å². The molecule has 1 aromatic carbocycles. The molecule has 0 unspecified atom stereocenters. The van der Waals surface area contributed by atoms with Crippen molar-refractivity contribution >= 4 is 6.09 Å². The first-order valence-electron chi connectivity index (χ1n) is 6.06. The van der Waals surface area contributed by atoms with Crippen molar-refractivity contribution in [3.8, 4) is 6.07 Å². The third-order valence-electron chi connectivity index (χ3n) is 2.61. The number of alkyl carbamates (subject to hydrolysis) is 1. The number of nitriles is 1. The largest absolute Gasteiger partial charge is 0.445 e. The molecule has 1 N–H and O–H groups in total. The Morgan fingerprint density at radius 2 is 2.05 bits per heavy atom. The Balaban J connectivity index is 1.76. The Morgan fingerprint density at radius 1 is 1.25 bits per heavy atom. The highest BCUT2D eigenvalue weighted by Crippen LogP contribution is 2.03. The number of nitrogens with zero attached hydrogens (tertiary/aromatic N) is 2. The number of benzene rings is 1. The third kappa shape index (κ3) is 4.10. The Labute approximate surface area is 116 Å². The van der Waals surface area contributed by atoms with Gasteiger partial charge in [-0.2, -0.15) is 5.26 Å². The van der Waals surface area contributed by atoms with Crippen LogP contribution in [0.5, 0.6) is 0 Å². The van der Waals surface area contributed by atoms with Crippen molar-refractivity contribution in [1.82, 2.24) is 10.3 Å². The Morgan fingerprint density at radius 3 is 2.70 bits per heavy atom. The summed E-state index contributed by atoms with van der Waals surface area (Å²) in [6.45, 7) is 0.546. The third-order valence-corrected chi connectivity index (χ3v) is 2.61. The van der Waals surface area contributed by atoms with E-state index in [1.54, 1.807) is 42.7 Å². The molecule has 0 saturated heterocycles. The lowest BCUT2D eigenvalue weighted by atomic mass is 10.1. The molecule has 0 bridgehead atoms. The second-order valence-electron chi connectivity index (χ2n) is 4.10. The summed E-state index contributed by atoms with van der Waals surface area (Å²) in [5.74, 6) is 0. The van der Waals surface area contributed by atoms with E-state index in [0.717, 1.165) is 11.1 Å². The average Bonchev–Trinajstić information content (AvgIpc) is 2.52. The maximum absolute atomic E-state index is 11.5. The predicted molar refractivity (Wildman–Crippen MR) is 72.4 cm³/mol. The summed E-state index contributed by atoms with van der Waals surface area (Å²) in [6, 6.07) is 12.7. The SMILES string of the molecule is N#Cc1ccc(CNC(=O)OCc2cccnc2)cc1. The summed E-state index contributed by atoms with van der Waals surface area (Å²) in [5, 5.41) is 11.3. The van der Waals surface area contributed by atoms with Crippen LogP contribution in [-0.2, 0) is 17.9 Å². The van der Waals surface area contributed by atoms with Crippen molar-refractivity contribution in [2.45, 2.75) is 13.2 Å². The first kappa shape index (κ1) is 13.6. The van der Waals surface area contributed by atoms with Crippen LogP contribution in [0.25, 0.3) is 0 Å². The number of hydrogen-bond acceptors (Lipinski definition) is 4. The number of nitrogens with one attached hydrogen (secondary N) is 1. The van der Waals surface area contributed by atoms with Gasteiger partial charge in [0.05, 0.1) is 11.6 Å². The summed E-state index contributed by atoms with van der Waals surface area (Å²) in [4.78, 5) is 15.4. The maximum atomic E-state index is 11.5. The van der Waals surface area contributed by atoms with Crippen LogP contribution in [0.3, 0.4) is 0 Å². The lowest BCUT2D eigenvalue weighted by Gasteiger charge is -2.07. The summed E-state index contributed by atoms with van der Waals surface area (Å²) in [6.07, 6.45) is 2.82. The lowest BCUT2D eigenvalue weighted by molar-refractivity contribution is 0.139. The van der Waals surface area contributed by atoms with Crippen molar-refractivity contribution in [3.63, 3.8) is 0 Å². The van der Waals surface area contributed by atoms with Crippen molar-refractivity contribution in [2.24, 2.45) is 0 Å². The molecule has 100 valence electrons. The van der Waals surface area contributed by atoms with Gasteiger partial charge in [-0.15, -0.1) is 0 Å². The highest BCUT2D eigenvalue weighted by atomic mass is 16.5. The molecule has 0 saturated carbocycles. The van der Waals surface area contributed by atoms with Gasteiger partial charge < -0.3 is 10.1 Å². The van der Waals surface area contributed by atoms with Gasteiger partial charge in [0, 0.05) is 24.5 Å². The molecule has 5 nitrogen and oxygen atoms in total. The first-order valence-corrected chi connectivity index (χ1v) is 6.06. The molecule has 1 amide bonds. The normalized spacial score (nSPS) is 9.55. The fraction of sp³-hybridized carbons (Fsp3) is 0.133. The van der Waals surface area contributed by atoms with Crippen LogP contribution in [0.15, 0.2) is 48.8 Å². The molecule has 20 heavy (non-hydrogen) atoms. The fourth-order valence-corrected chi connectivity index (χ4v) is 1.55. The molecule has 5 heteroatoms. The maximum Gasteiger partial charge on any atom is 0.407 e. The first-order chi connectivity index (χ1) is 9.78. The number of ether oxygens (including phenoxy) is 1. The minimum absolute atomic E-state index is 0.188. The Hall–Kier alpha value is -2.87. The highest BCUT2D eigenvalue weighted by Gasteiger charge is 2.02. The molecule has 0 atom stereocenters. The van der Waals surface area contributed by atoms with E-state index in [1.807, 2.05) is 12.1 Å². The van der Waals surface area contributed by atoms with Crippen LogP contribution < -0.4 is 5.32 Å². The Bertz CT molecular complexity index is 603. The van der Waals surface area contributed by atoms with Crippen LogP contribution in [0.2, 0.25) is 0 Å². The van der Waals surface area contributed by atoms with E-state index >= 15 is 0 Å². The van der Waals surface area contributed by atoms with Gasteiger partial charge in [0.25, 0.3) is 0 Å². The van der Waals surface area contributed by atoms with Gasteiger partial charge >= 0.3 is 6.09 Å². The molecule has 2 rings (SSSR count). The van der Waals surface area contributed by atoms with Gasteiger partial charge in [0.1, 0.15) is 6.61 Å². The van der Waals surface area contributed by atoms with Crippen molar-refractivity contribution in [3.05, 3.63) is 65.5 Å². The van der Waals surface area contributed by atoms with Gasteiger partial charge in [0.15, 0.2) is 0 Å². The highest BCUT2D eigenvalue weighted by molar-refractivity contribution is 5.67. The van der Waals surface area contributed by atoms with Crippen molar-refractivity contribution in [1.29, 1.82) is 5.26 Å². The lowest BCUT2D eigenvalue weighted by Crippen LogP contribution is -2.23. The quantitative estimate of drug-likeness (QED) is 0.922. The summed E-state index contributed by atoms with van der Waals surface area (Å²) in [7, 11) is 0. The predicted octanol–water partition coefficient (Wildman–Crippen LogP) is 2.38. The van der Waals surface area contributed by atoms with Crippen molar-refractivity contribution < 1.29 is 9.53 Å². The topological polar surface area (TPSA) is 75.0 Å². The number of carbonyl (C=O) groups excluding carboxylic acids is 1. The molecule has 0 radical (unpaired) electrons. The number of rotatable bonds is 4. The van der Waals surface area contributed by atoms with Gasteiger partial charge in [-0.05, 0) is 23.8 Å². The van der Waals surface area contributed by atoms with Gasteiger partial charge in [-0.3, -0.25) is 4.98 Å². The van der Waals surface area contributed by atoms with Crippen LogP contribution >= 0.6 is 0 Å². The number of carbonyl (C=O) groups is 1. The smallest absolute Gasteiger partial charge is 0.407 e. The zero-order valence-corrected chi connectivity index (χ0v) is 10.7. The monoisotopic (exact) mass is 267 g/mol. The van der Waals surface area contributed by atoms with Crippen LogP contribution in [0.1, 0.15) is 16.7 Å². The van der Waals surface area contributed by atoms with Crippen molar-refractivity contribution in [2.75, 3.05) is 0 Å². The molecule has 0 aliphatic rings. The zero-order chi connectivity index (χ0) is 14.2. The van der Waals surface area contributed by atoms with Crippen LogP contribution in [-0.4, -0.2) is 11.1 Å². The molecule has 1 aromatic heterocycles. The summed E-state index contributed by atoms with van der Waals surface area (Å²) >= 11 is 0. The summed E-state index contributed by atoms with van der Waals surface area (Å²) < 4.78 is 5.05. The fourth-order valence-electron chi connectivity index (χ4n) is 1.55. The average molecular weight is 267 g/mol. The molecule has 0 fully saturated rings. The van der Waals surface area contributed by atoms with Crippen LogP contribution in [0, 0.1) is 11.3 Å². The van der Waals surface area contributed by atoms with E-state index in [-0.39, 0.29) is 6.61 Å².